The molecule has 7 heteroatoms. The van der Waals surface area contributed by atoms with Crippen molar-refractivity contribution in [2.45, 2.75) is 45.4 Å². The van der Waals surface area contributed by atoms with Gasteiger partial charge in [0.05, 0.1) is 13.2 Å². The second kappa shape index (κ2) is 8.41. The van der Waals surface area contributed by atoms with Crippen LogP contribution in [0.4, 0.5) is 0 Å². The largest absolute Gasteiger partial charge is 0.377 e. The molecule has 1 fully saturated rings. The lowest BCUT2D eigenvalue weighted by atomic mass is 9.96. The van der Waals surface area contributed by atoms with Crippen molar-refractivity contribution in [3.63, 3.8) is 0 Å². The Bertz CT molecular complexity index is 809. The van der Waals surface area contributed by atoms with Gasteiger partial charge in [-0.05, 0) is 57.6 Å². The van der Waals surface area contributed by atoms with Gasteiger partial charge >= 0.3 is 0 Å². The van der Waals surface area contributed by atoms with Gasteiger partial charge < -0.3 is 19.1 Å². The van der Waals surface area contributed by atoms with Crippen molar-refractivity contribution in [2.75, 3.05) is 33.3 Å². The van der Waals surface area contributed by atoms with E-state index in [4.69, 9.17) is 4.74 Å². The van der Waals surface area contributed by atoms with E-state index in [1.807, 2.05) is 36.1 Å². The summed E-state index contributed by atoms with van der Waals surface area (Å²) in [6.07, 6.45) is 2.26. The van der Waals surface area contributed by atoms with Crippen LogP contribution in [-0.4, -0.2) is 63.8 Å². The number of piperidine rings is 1. The number of carbonyl (C=O) groups excluding carboxylic acids is 1. The smallest absolute Gasteiger partial charge is 0.254 e. The van der Waals surface area contributed by atoms with Gasteiger partial charge in [-0.2, -0.15) is 0 Å². The Labute approximate surface area is 166 Å². The highest BCUT2D eigenvalue weighted by atomic mass is 16.5. The number of aromatic nitrogens is 3. The van der Waals surface area contributed by atoms with E-state index in [9.17, 15) is 4.79 Å². The number of carbonyl (C=O) groups is 1. The molecule has 150 valence electrons. The van der Waals surface area contributed by atoms with E-state index >= 15 is 0 Å². The predicted octanol–water partition coefficient (Wildman–Crippen LogP) is 2.28. The molecule has 0 saturated carbocycles. The fourth-order valence-electron chi connectivity index (χ4n) is 4.07. The SMILES string of the molecule is CCOCc1ccc(C(=O)N2CCn3c(nnc3C3CCN(C)CC3)C2)cc1. The molecule has 2 aromatic rings. The Hall–Kier alpha value is -2.25. The van der Waals surface area contributed by atoms with Crippen molar-refractivity contribution in [3.05, 3.63) is 47.0 Å². The summed E-state index contributed by atoms with van der Waals surface area (Å²) in [6.45, 7) is 7.46. The van der Waals surface area contributed by atoms with Gasteiger partial charge in [-0.15, -0.1) is 10.2 Å². The number of likely N-dealkylation sites (tertiary alicyclic amines) is 1. The normalized spacial score (nSPS) is 18.3. The van der Waals surface area contributed by atoms with Crippen LogP contribution >= 0.6 is 0 Å². The number of hydrogen-bond acceptors (Lipinski definition) is 5. The molecule has 28 heavy (non-hydrogen) atoms. The van der Waals surface area contributed by atoms with E-state index in [0.717, 1.165) is 49.7 Å². The molecule has 0 bridgehead atoms. The number of benzene rings is 1. The lowest BCUT2D eigenvalue weighted by Crippen LogP contribution is -2.39. The van der Waals surface area contributed by atoms with Crippen LogP contribution < -0.4 is 0 Å². The van der Waals surface area contributed by atoms with Crippen molar-refractivity contribution >= 4 is 5.91 Å². The van der Waals surface area contributed by atoms with Crippen LogP contribution in [0.15, 0.2) is 24.3 Å². The lowest BCUT2D eigenvalue weighted by molar-refractivity contribution is 0.0705. The molecule has 1 aromatic carbocycles. The molecule has 0 aliphatic carbocycles. The van der Waals surface area contributed by atoms with Crippen LogP contribution in [0, 0.1) is 0 Å². The summed E-state index contributed by atoms with van der Waals surface area (Å²) in [5.74, 6) is 2.55. The number of nitrogens with zero attached hydrogens (tertiary/aromatic N) is 5. The van der Waals surface area contributed by atoms with Gasteiger partial charge in [-0.3, -0.25) is 4.79 Å². The van der Waals surface area contributed by atoms with Gasteiger partial charge in [0.1, 0.15) is 5.82 Å². The molecule has 0 unspecified atom stereocenters. The molecule has 4 rings (SSSR count). The second-order valence-electron chi connectivity index (χ2n) is 7.76. The first-order valence-corrected chi connectivity index (χ1v) is 10.2. The van der Waals surface area contributed by atoms with Gasteiger partial charge in [0.2, 0.25) is 0 Å². The Balaban J connectivity index is 1.42. The van der Waals surface area contributed by atoms with Crippen LogP contribution in [0.1, 0.15) is 53.3 Å². The van der Waals surface area contributed by atoms with Gasteiger partial charge in [-0.25, -0.2) is 0 Å². The quantitative estimate of drug-likeness (QED) is 0.793. The van der Waals surface area contributed by atoms with E-state index in [0.29, 0.717) is 37.8 Å². The standard InChI is InChI=1S/C21H29N5O2/c1-3-28-15-16-4-6-18(7-5-16)21(27)25-12-13-26-19(14-25)22-23-20(26)17-8-10-24(2)11-9-17/h4-7,17H,3,8-15H2,1-2H3. The van der Waals surface area contributed by atoms with Crippen LogP contribution in [0.5, 0.6) is 0 Å². The fraction of sp³-hybridized carbons (Fsp3) is 0.571. The summed E-state index contributed by atoms with van der Waals surface area (Å²) in [4.78, 5) is 17.2. The highest BCUT2D eigenvalue weighted by Gasteiger charge is 2.29. The third-order valence-electron chi connectivity index (χ3n) is 5.83. The van der Waals surface area contributed by atoms with Gasteiger partial charge in [0.25, 0.3) is 5.91 Å². The molecule has 1 saturated heterocycles. The predicted molar refractivity (Wildman–Crippen MR) is 106 cm³/mol. The van der Waals surface area contributed by atoms with Crippen molar-refractivity contribution in [2.24, 2.45) is 0 Å². The first kappa shape index (κ1) is 19.1. The summed E-state index contributed by atoms with van der Waals surface area (Å²) in [6, 6.07) is 7.71. The number of ether oxygens (including phenoxy) is 1. The first-order valence-electron chi connectivity index (χ1n) is 10.2. The molecule has 2 aliphatic heterocycles. The fourth-order valence-corrected chi connectivity index (χ4v) is 4.07. The molecular formula is C21H29N5O2. The summed E-state index contributed by atoms with van der Waals surface area (Å²) in [5, 5.41) is 8.91. The zero-order valence-electron chi connectivity index (χ0n) is 16.8. The van der Waals surface area contributed by atoms with E-state index in [-0.39, 0.29) is 5.91 Å². The van der Waals surface area contributed by atoms with Crippen LogP contribution in [0.25, 0.3) is 0 Å². The molecule has 2 aliphatic rings. The van der Waals surface area contributed by atoms with E-state index in [1.165, 1.54) is 0 Å². The molecule has 1 aromatic heterocycles. The zero-order chi connectivity index (χ0) is 19.5. The third kappa shape index (κ3) is 3.95. The molecule has 0 spiro atoms. The van der Waals surface area contributed by atoms with Crippen molar-refractivity contribution in [1.82, 2.24) is 24.6 Å². The Kier molecular flexibility index (Phi) is 5.73. The minimum atomic E-state index is 0.0538. The van der Waals surface area contributed by atoms with E-state index < -0.39 is 0 Å². The van der Waals surface area contributed by atoms with E-state index in [2.05, 4.69) is 26.7 Å². The third-order valence-corrected chi connectivity index (χ3v) is 5.83. The Morgan fingerprint density at radius 1 is 1.11 bits per heavy atom. The van der Waals surface area contributed by atoms with Crippen molar-refractivity contribution < 1.29 is 9.53 Å². The maximum atomic E-state index is 12.9. The maximum Gasteiger partial charge on any atom is 0.254 e. The number of rotatable bonds is 5. The van der Waals surface area contributed by atoms with E-state index in [1.54, 1.807) is 0 Å². The number of amides is 1. The minimum Gasteiger partial charge on any atom is -0.377 e. The average Bonchev–Trinajstić information content (AvgIpc) is 3.16. The van der Waals surface area contributed by atoms with Crippen LogP contribution in [0.2, 0.25) is 0 Å². The molecule has 0 atom stereocenters. The van der Waals surface area contributed by atoms with Crippen molar-refractivity contribution in [3.8, 4) is 0 Å². The molecule has 0 N–H and O–H groups in total. The summed E-state index contributed by atoms with van der Waals surface area (Å²) in [7, 11) is 2.17. The lowest BCUT2D eigenvalue weighted by Gasteiger charge is -2.31. The van der Waals surface area contributed by atoms with Gasteiger partial charge in [-0.1, -0.05) is 12.1 Å². The number of fused-ring (bicyclic) bond motifs is 1. The maximum absolute atomic E-state index is 12.9. The zero-order valence-corrected chi connectivity index (χ0v) is 16.8. The molecule has 0 radical (unpaired) electrons. The summed E-state index contributed by atoms with van der Waals surface area (Å²) in [5.41, 5.74) is 1.79. The van der Waals surface area contributed by atoms with Crippen LogP contribution in [0.3, 0.4) is 0 Å². The van der Waals surface area contributed by atoms with Crippen LogP contribution in [-0.2, 0) is 24.4 Å². The number of hydrogen-bond donors (Lipinski definition) is 0. The molecular weight excluding hydrogens is 354 g/mol. The highest BCUT2D eigenvalue weighted by Crippen LogP contribution is 2.28. The Morgan fingerprint density at radius 3 is 2.57 bits per heavy atom. The minimum absolute atomic E-state index is 0.0538. The molecule has 1 amide bonds. The second-order valence-corrected chi connectivity index (χ2v) is 7.76. The molecule has 3 heterocycles. The Morgan fingerprint density at radius 2 is 1.86 bits per heavy atom. The van der Waals surface area contributed by atoms with Gasteiger partial charge in [0.15, 0.2) is 5.82 Å². The topological polar surface area (TPSA) is 63.5 Å². The average molecular weight is 383 g/mol. The summed E-state index contributed by atoms with van der Waals surface area (Å²) < 4.78 is 7.66. The first-order chi connectivity index (χ1) is 13.7. The van der Waals surface area contributed by atoms with Gasteiger partial charge in [0, 0.05) is 31.2 Å². The monoisotopic (exact) mass is 383 g/mol. The summed E-state index contributed by atoms with van der Waals surface area (Å²) >= 11 is 0. The van der Waals surface area contributed by atoms with Crippen molar-refractivity contribution in [1.29, 1.82) is 0 Å². The molecule has 7 nitrogen and oxygen atoms in total. The highest BCUT2D eigenvalue weighted by molar-refractivity contribution is 5.94.